The Hall–Kier alpha value is -1.31. The highest BCUT2D eigenvalue weighted by Gasteiger charge is 2.27. The van der Waals surface area contributed by atoms with E-state index in [1.165, 1.54) is 30.5 Å². The van der Waals surface area contributed by atoms with E-state index in [0.717, 1.165) is 30.9 Å². The molecule has 0 radical (unpaired) electrons. The van der Waals surface area contributed by atoms with Gasteiger partial charge in [0.05, 0.1) is 0 Å². The zero-order chi connectivity index (χ0) is 14.8. The molecule has 20 heavy (non-hydrogen) atoms. The number of benzene rings is 1. The van der Waals surface area contributed by atoms with Crippen LogP contribution in [0, 0.1) is 18.3 Å². The SMILES string of the molecule is Cc1cc(C=O)ccc1N1CCCC(C(C)(C)C)CC1. The number of rotatable bonds is 2. The van der Waals surface area contributed by atoms with Crippen molar-refractivity contribution in [3.63, 3.8) is 0 Å². The van der Waals surface area contributed by atoms with Crippen LogP contribution in [-0.2, 0) is 0 Å². The van der Waals surface area contributed by atoms with E-state index in [1.54, 1.807) is 0 Å². The zero-order valence-corrected chi connectivity index (χ0v) is 13.3. The molecule has 0 bridgehead atoms. The number of hydrogen-bond acceptors (Lipinski definition) is 2. The lowest BCUT2D eigenvalue weighted by Gasteiger charge is -2.30. The Morgan fingerprint density at radius 1 is 1.20 bits per heavy atom. The van der Waals surface area contributed by atoms with E-state index in [9.17, 15) is 4.79 Å². The lowest BCUT2D eigenvalue weighted by atomic mass is 9.77. The van der Waals surface area contributed by atoms with E-state index >= 15 is 0 Å². The highest BCUT2D eigenvalue weighted by molar-refractivity contribution is 5.77. The van der Waals surface area contributed by atoms with Crippen molar-refractivity contribution in [2.45, 2.75) is 47.0 Å². The molecule has 1 atom stereocenters. The molecule has 1 saturated heterocycles. The maximum atomic E-state index is 10.8. The lowest BCUT2D eigenvalue weighted by molar-refractivity contribution is 0.112. The van der Waals surface area contributed by atoms with Crippen LogP contribution in [0.15, 0.2) is 18.2 Å². The Labute approximate surface area is 123 Å². The molecular formula is C18H27NO. The molecule has 1 aromatic carbocycles. The third-order valence-electron chi connectivity index (χ3n) is 4.65. The predicted molar refractivity (Wildman–Crippen MR) is 85.6 cm³/mol. The molecule has 1 fully saturated rings. The molecule has 0 N–H and O–H groups in total. The first-order chi connectivity index (χ1) is 9.41. The summed E-state index contributed by atoms with van der Waals surface area (Å²) in [4.78, 5) is 13.3. The molecule has 2 rings (SSSR count). The lowest BCUT2D eigenvalue weighted by Crippen LogP contribution is -2.26. The third-order valence-corrected chi connectivity index (χ3v) is 4.65. The monoisotopic (exact) mass is 273 g/mol. The van der Waals surface area contributed by atoms with Crippen molar-refractivity contribution < 1.29 is 4.79 Å². The first kappa shape index (κ1) is 15.1. The standard InChI is InChI=1S/C18H27NO/c1-14-12-15(13-20)7-8-17(14)19-10-5-6-16(9-11-19)18(2,3)4/h7-8,12-13,16H,5-6,9-11H2,1-4H3. The van der Waals surface area contributed by atoms with E-state index < -0.39 is 0 Å². The van der Waals surface area contributed by atoms with E-state index in [0.29, 0.717) is 5.41 Å². The Morgan fingerprint density at radius 3 is 2.55 bits per heavy atom. The molecule has 2 heteroatoms. The topological polar surface area (TPSA) is 20.3 Å². The Balaban J connectivity index is 2.13. The highest BCUT2D eigenvalue weighted by atomic mass is 16.1. The number of anilines is 1. The number of aryl methyl sites for hydroxylation is 1. The van der Waals surface area contributed by atoms with Gasteiger partial charge in [0.15, 0.2) is 0 Å². The second-order valence-electron chi connectivity index (χ2n) is 7.14. The molecule has 1 heterocycles. The summed E-state index contributed by atoms with van der Waals surface area (Å²) < 4.78 is 0. The van der Waals surface area contributed by atoms with Crippen LogP contribution in [0.5, 0.6) is 0 Å². The summed E-state index contributed by atoms with van der Waals surface area (Å²) in [6.07, 6.45) is 4.77. The normalized spacial score (nSPS) is 20.6. The summed E-state index contributed by atoms with van der Waals surface area (Å²) in [5.41, 5.74) is 3.69. The largest absolute Gasteiger partial charge is 0.371 e. The van der Waals surface area contributed by atoms with Crippen LogP contribution in [-0.4, -0.2) is 19.4 Å². The fourth-order valence-corrected chi connectivity index (χ4v) is 3.31. The minimum atomic E-state index is 0.409. The van der Waals surface area contributed by atoms with Crippen LogP contribution in [0.1, 0.15) is 56.0 Å². The molecule has 0 amide bonds. The van der Waals surface area contributed by atoms with Crippen molar-refractivity contribution in [2.75, 3.05) is 18.0 Å². The van der Waals surface area contributed by atoms with Gasteiger partial charge in [-0.2, -0.15) is 0 Å². The van der Waals surface area contributed by atoms with Gasteiger partial charge >= 0.3 is 0 Å². The molecule has 1 aliphatic heterocycles. The van der Waals surface area contributed by atoms with Gasteiger partial charge in [0.1, 0.15) is 6.29 Å². The summed E-state index contributed by atoms with van der Waals surface area (Å²) in [5.74, 6) is 0.807. The van der Waals surface area contributed by atoms with E-state index in [1.807, 2.05) is 12.1 Å². The summed E-state index contributed by atoms with van der Waals surface area (Å²) in [7, 11) is 0. The van der Waals surface area contributed by atoms with Crippen LogP contribution in [0.3, 0.4) is 0 Å². The zero-order valence-electron chi connectivity index (χ0n) is 13.3. The number of carbonyl (C=O) groups is 1. The smallest absolute Gasteiger partial charge is 0.150 e. The molecular weight excluding hydrogens is 246 g/mol. The maximum Gasteiger partial charge on any atom is 0.150 e. The van der Waals surface area contributed by atoms with Crippen molar-refractivity contribution in [3.05, 3.63) is 29.3 Å². The van der Waals surface area contributed by atoms with Gasteiger partial charge in [0.25, 0.3) is 0 Å². The number of hydrogen-bond donors (Lipinski definition) is 0. The van der Waals surface area contributed by atoms with Gasteiger partial charge in [-0.15, -0.1) is 0 Å². The summed E-state index contributed by atoms with van der Waals surface area (Å²) in [6.45, 7) is 11.4. The first-order valence-corrected chi connectivity index (χ1v) is 7.72. The summed E-state index contributed by atoms with van der Waals surface area (Å²) >= 11 is 0. The maximum absolute atomic E-state index is 10.8. The number of carbonyl (C=O) groups excluding carboxylic acids is 1. The van der Waals surface area contributed by atoms with Gasteiger partial charge < -0.3 is 4.90 Å². The minimum Gasteiger partial charge on any atom is -0.371 e. The molecule has 110 valence electrons. The van der Waals surface area contributed by atoms with Crippen molar-refractivity contribution in [2.24, 2.45) is 11.3 Å². The molecule has 0 aliphatic carbocycles. The van der Waals surface area contributed by atoms with Gasteiger partial charge in [0.2, 0.25) is 0 Å². The quantitative estimate of drug-likeness (QED) is 0.741. The molecule has 2 nitrogen and oxygen atoms in total. The van der Waals surface area contributed by atoms with Gasteiger partial charge in [0, 0.05) is 24.3 Å². The van der Waals surface area contributed by atoms with Crippen molar-refractivity contribution >= 4 is 12.0 Å². The average Bonchev–Trinajstić information content (AvgIpc) is 2.63. The fraction of sp³-hybridized carbons (Fsp3) is 0.611. The number of nitrogens with zero attached hydrogens (tertiary/aromatic N) is 1. The van der Waals surface area contributed by atoms with E-state index in [-0.39, 0.29) is 0 Å². The second-order valence-corrected chi connectivity index (χ2v) is 7.14. The Bertz CT molecular complexity index is 473. The first-order valence-electron chi connectivity index (χ1n) is 7.72. The van der Waals surface area contributed by atoms with E-state index in [4.69, 9.17) is 0 Å². The van der Waals surface area contributed by atoms with Gasteiger partial charge in [-0.25, -0.2) is 0 Å². The minimum absolute atomic E-state index is 0.409. The Kier molecular flexibility index (Phi) is 4.52. The molecule has 1 aromatic rings. The van der Waals surface area contributed by atoms with Crippen LogP contribution in [0.25, 0.3) is 0 Å². The highest BCUT2D eigenvalue weighted by Crippen LogP contribution is 2.35. The fourth-order valence-electron chi connectivity index (χ4n) is 3.31. The molecule has 0 spiro atoms. The van der Waals surface area contributed by atoms with Crippen molar-refractivity contribution in [3.8, 4) is 0 Å². The van der Waals surface area contributed by atoms with Crippen LogP contribution >= 0.6 is 0 Å². The average molecular weight is 273 g/mol. The molecule has 0 aromatic heterocycles. The van der Waals surface area contributed by atoms with Gasteiger partial charge in [-0.05, 0) is 61.3 Å². The summed E-state index contributed by atoms with van der Waals surface area (Å²) in [6, 6.07) is 6.03. The Morgan fingerprint density at radius 2 is 1.95 bits per heavy atom. The van der Waals surface area contributed by atoms with Gasteiger partial charge in [-0.1, -0.05) is 20.8 Å². The predicted octanol–water partition coefficient (Wildman–Crippen LogP) is 4.46. The molecule has 1 unspecified atom stereocenters. The second kappa shape index (κ2) is 5.99. The summed E-state index contributed by atoms with van der Waals surface area (Å²) in [5, 5.41) is 0. The van der Waals surface area contributed by atoms with E-state index in [2.05, 4.69) is 38.7 Å². The van der Waals surface area contributed by atoms with Crippen molar-refractivity contribution in [1.29, 1.82) is 0 Å². The van der Waals surface area contributed by atoms with Crippen molar-refractivity contribution in [1.82, 2.24) is 0 Å². The van der Waals surface area contributed by atoms with Gasteiger partial charge in [-0.3, -0.25) is 4.79 Å². The molecule has 0 saturated carbocycles. The third kappa shape index (κ3) is 3.41. The van der Waals surface area contributed by atoms with Crippen LogP contribution in [0.2, 0.25) is 0 Å². The molecule has 1 aliphatic rings. The van der Waals surface area contributed by atoms with Crippen LogP contribution in [0.4, 0.5) is 5.69 Å². The van der Waals surface area contributed by atoms with Crippen LogP contribution < -0.4 is 4.90 Å². The number of aldehydes is 1.